The Morgan fingerprint density at radius 2 is 0.646 bits per heavy atom. The molecular weight excluding hydrogens is 577 g/mol. The maximum atomic E-state index is 2.35. The Labute approximate surface area is 281 Å². The summed E-state index contributed by atoms with van der Waals surface area (Å²) in [6.45, 7) is 0. The predicted octanol–water partition coefficient (Wildman–Crippen LogP) is 13.5. The third-order valence-electron chi connectivity index (χ3n) is 9.67. The molecule has 9 aromatic rings. The highest BCUT2D eigenvalue weighted by Gasteiger charge is 2.23. The lowest BCUT2D eigenvalue weighted by Gasteiger charge is -2.23. The van der Waals surface area contributed by atoms with Crippen LogP contribution in [0.4, 0.5) is 0 Å². The Balaban J connectivity index is 1.43. The van der Waals surface area contributed by atoms with Crippen molar-refractivity contribution in [1.82, 2.24) is 0 Å². The Morgan fingerprint density at radius 1 is 0.208 bits per heavy atom. The molecule has 0 heteroatoms. The van der Waals surface area contributed by atoms with Gasteiger partial charge in [0.2, 0.25) is 0 Å². The summed E-state index contributed by atoms with van der Waals surface area (Å²) in [4.78, 5) is 0. The smallest absolute Gasteiger partial charge is 0.00139 e. The van der Waals surface area contributed by atoms with Gasteiger partial charge in [0, 0.05) is 0 Å². The molecule has 224 valence electrons. The van der Waals surface area contributed by atoms with Crippen LogP contribution in [0.2, 0.25) is 0 Å². The number of hydrogen-bond donors (Lipinski definition) is 0. The highest BCUT2D eigenvalue weighted by Crippen LogP contribution is 2.50. The predicted molar refractivity (Wildman–Crippen MR) is 206 cm³/mol. The molecule has 48 heavy (non-hydrogen) atoms. The van der Waals surface area contributed by atoms with E-state index in [2.05, 4.69) is 194 Å². The maximum Gasteiger partial charge on any atom is -0.00139 e. The third kappa shape index (κ3) is 4.70. The molecule has 9 aromatic carbocycles. The van der Waals surface area contributed by atoms with Crippen molar-refractivity contribution >= 4 is 32.3 Å². The van der Waals surface area contributed by atoms with E-state index in [-0.39, 0.29) is 0 Å². The lowest BCUT2D eigenvalue weighted by Crippen LogP contribution is -1.96. The molecule has 0 unspecified atom stereocenters. The molecule has 0 nitrogen and oxygen atoms in total. The minimum atomic E-state index is 1.21. The lowest BCUT2D eigenvalue weighted by molar-refractivity contribution is 1.58. The fourth-order valence-electron chi connectivity index (χ4n) is 7.54. The molecule has 0 N–H and O–H groups in total. The zero-order valence-electron chi connectivity index (χ0n) is 26.5. The van der Waals surface area contributed by atoms with Crippen molar-refractivity contribution in [3.8, 4) is 55.6 Å². The SMILES string of the molecule is c1ccc(-c2ccccc2-c2c3ccccc3c(-c3c(-c4ccccc4)cccc3-c3ccc4ccccc4c3)c3ccccc23)cc1. The fraction of sp³-hybridized carbons (Fsp3) is 0. The zero-order chi connectivity index (χ0) is 31.9. The second kappa shape index (κ2) is 11.8. The van der Waals surface area contributed by atoms with Crippen LogP contribution in [0.1, 0.15) is 0 Å². The van der Waals surface area contributed by atoms with Gasteiger partial charge in [0.05, 0.1) is 0 Å². The van der Waals surface area contributed by atoms with E-state index in [1.807, 2.05) is 0 Å². The van der Waals surface area contributed by atoms with Crippen LogP contribution in [-0.4, -0.2) is 0 Å². The van der Waals surface area contributed by atoms with E-state index in [9.17, 15) is 0 Å². The van der Waals surface area contributed by atoms with E-state index in [1.54, 1.807) is 0 Å². The van der Waals surface area contributed by atoms with Crippen molar-refractivity contribution in [2.45, 2.75) is 0 Å². The van der Waals surface area contributed by atoms with Gasteiger partial charge in [-0.3, -0.25) is 0 Å². The molecule has 0 aliphatic heterocycles. The van der Waals surface area contributed by atoms with E-state index in [0.717, 1.165) is 0 Å². The molecule has 0 fully saturated rings. The van der Waals surface area contributed by atoms with Crippen molar-refractivity contribution in [2.75, 3.05) is 0 Å². The molecule has 0 heterocycles. The van der Waals surface area contributed by atoms with Crippen LogP contribution in [0.5, 0.6) is 0 Å². The van der Waals surface area contributed by atoms with Crippen LogP contribution in [0.25, 0.3) is 88.0 Å². The van der Waals surface area contributed by atoms with Crippen molar-refractivity contribution in [2.24, 2.45) is 0 Å². The standard InChI is InChI=1S/C48H32/c1-3-17-34(18-4-1)38-22-9-10-23-41(38)46-42-24-11-13-26-44(42)48(45-27-14-12-25-43(45)46)47-39(35-19-5-2-6-20-35)28-15-29-40(47)37-31-30-33-16-7-8-21-36(33)32-37/h1-32H. The van der Waals surface area contributed by atoms with Crippen LogP contribution >= 0.6 is 0 Å². The Bertz CT molecular complexity index is 2540. The quantitative estimate of drug-likeness (QED) is 0.171. The summed E-state index contributed by atoms with van der Waals surface area (Å²) < 4.78 is 0. The molecule has 0 aliphatic rings. The van der Waals surface area contributed by atoms with Gasteiger partial charge in [-0.25, -0.2) is 0 Å². The molecule has 0 aromatic heterocycles. The zero-order valence-corrected chi connectivity index (χ0v) is 26.5. The first-order valence-electron chi connectivity index (χ1n) is 16.6. The molecule has 0 bridgehead atoms. The first-order chi connectivity index (χ1) is 23.8. The highest BCUT2D eigenvalue weighted by molar-refractivity contribution is 6.24. The Morgan fingerprint density at radius 3 is 1.27 bits per heavy atom. The average Bonchev–Trinajstić information content (AvgIpc) is 3.17. The Hall–Kier alpha value is -6.24. The minimum Gasteiger partial charge on any atom is -0.0622 e. The second-order valence-corrected chi connectivity index (χ2v) is 12.4. The van der Waals surface area contributed by atoms with Gasteiger partial charge >= 0.3 is 0 Å². The van der Waals surface area contributed by atoms with Gasteiger partial charge < -0.3 is 0 Å². The largest absolute Gasteiger partial charge is 0.0622 e. The summed E-state index contributed by atoms with van der Waals surface area (Å²) >= 11 is 0. The van der Waals surface area contributed by atoms with Crippen molar-refractivity contribution in [3.05, 3.63) is 194 Å². The number of fused-ring (bicyclic) bond motifs is 3. The van der Waals surface area contributed by atoms with Crippen molar-refractivity contribution < 1.29 is 0 Å². The summed E-state index contributed by atoms with van der Waals surface area (Å²) in [5.74, 6) is 0. The summed E-state index contributed by atoms with van der Waals surface area (Å²) in [6.07, 6.45) is 0. The molecule has 0 saturated heterocycles. The van der Waals surface area contributed by atoms with Gasteiger partial charge in [-0.15, -0.1) is 0 Å². The van der Waals surface area contributed by atoms with E-state index in [1.165, 1.54) is 88.0 Å². The topological polar surface area (TPSA) is 0 Å². The van der Waals surface area contributed by atoms with Gasteiger partial charge in [-0.2, -0.15) is 0 Å². The van der Waals surface area contributed by atoms with Crippen molar-refractivity contribution in [3.63, 3.8) is 0 Å². The number of rotatable bonds is 5. The van der Waals surface area contributed by atoms with Gasteiger partial charge in [0.1, 0.15) is 0 Å². The molecule has 0 saturated carbocycles. The average molecular weight is 609 g/mol. The minimum absolute atomic E-state index is 1.21. The molecule has 0 amide bonds. The van der Waals surface area contributed by atoms with Gasteiger partial charge in [-0.1, -0.05) is 188 Å². The monoisotopic (exact) mass is 608 g/mol. The van der Waals surface area contributed by atoms with Crippen LogP contribution in [0.15, 0.2) is 194 Å². The van der Waals surface area contributed by atoms with Crippen LogP contribution in [0, 0.1) is 0 Å². The van der Waals surface area contributed by atoms with E-state index in [4.69, 9.17) is 0 Å². The fourth-order valence-corrected chi connectivity index (χ4v) is 7.54. The van der Waals surface area contributed by atoms with Crippen LogP contribution in [-0.2, 0) is 0 Å². The van der Waals surface area contributed by atoms with E-state index < -0.39 is 0 Å². The lowest BCUT2D eigenvalue weighted by atomic mass is 9.80. The first-order valence-corrected chi connectivity index (χ1v) is 16.6. The summed E-state index contributed by atoms with van der Waals surface area (Å²) in [7, 11) is 0. The van der Waals surface area contributed by atoms with Crippen LogP contribution < -0.4 is 0 Å². The Kier molecular flexibility index (Phi) is 6.91. The number of benzene rings is 9. The highest BCUT2D eigenvalue weighted by atomic mass is 14.3. The summed E-state index contributed by atoms with van der Waals surface area (Å²) in [5, 5.41) is 7.50. The first kappa shape index (κ1) is 28.0. The van der Waals surface area contributed by atoms with E-state index >= 15 is 0 Å². The maximum absolute atomic E-state index is 2.35. The van der Waals surface area contributed by atoms with Gasteiger partial charge in [-0.05, 0) is 94.0 Å². The van der Waals surface area contributed by atoms with Crippen LogP contribution in [0.3, 0.4) is 0 Å². The van der Waals surface area contributed by atoms with Gasteiger partial charge in [0.15, 0.2) is 0 Å². The third-order valence-corrected chi connectivity index (χ3v) is 9.67. The summed E-state index contributed by atoms with van der Waals surface area (Å²) in [6, 6.07) is 70.8. The molecule has 0 spiro atoms. The molecular formula is C48H32. The number of hydrogen-bond acceptors (Lipinski definition) is 0. The molecule has 0 aliphatic carbocycles. The second-order valence-electron chi connectivity index (χ2n) is 12.4. The van der Waals surface area contributed by atoms with E-state index in [0.29, 0.717) is 0 Å². The van der Waals surface area contributed by atoms with Gasteiger partial charge in [0.25, 0.3) is 0 Å². The van der Waals surface area contributed by atoms with Crippen molar-refractivity contribution in [1.29, 1.82) is 0 Å². The summed E-state index contributed by atoms with van der Waals surface area (Å²) in [5.41, 5.74) is 12.4. The normalized spacial score (nSPS) is 11.3. The molecule has 0 radical (unpaired) electrons. The molecule has 9 rings (SSSR count). The molecule has 0 atom stereocenters.